The number of halogens is 5. The van der Waals surface area contributed by atoms with Crippen LogP contribution in [0.2, 0.25) is 5.02 Å². The largest absolute Gasteiger partial charge is 0.450 e. The minimum Gasteiger partial charge on any atom is -0.294 e. The van der Waals surface area contributed by atoms with Crippen LogP contribution in [0.25, 0.3) is 0 Å². The summed E-state index contributed by atoms with van der Waals surface area (Å²) in [6, 6.07) is 1.84. The topological polar surface area (TPSA) is 34.1 Å². The standard InChI is InChI=1S/C11H7ClF4O2/c1-5-2-6(8(13)3-7(5)12)9(17)4-10(18)11(14,15)16/h2-3H,4H2,1H3. The smallest absolute Gasteiger partial charge is 0.294 e. The lowest BCUT2D eigenvalue weighted by Gasteiger charge is -2.07. The van der Waals surface area contributed by atoms with Crippen molar-refractivity contribution in [1.29, 1.82) is 0 Å². The van der Waals surface area contributed by atoms with E-state index in [1.165, 1.54) is 6.92 Å². The van der Waals surface area contributed by atoms with E-state index in [2.05, 4.69) is 0 Å². The number of carbonyl (C=O) groups excluding carboxylic acids is 2. The number of alkyl halides is 3. The fourth-order valence-corrected chi connectivity index (χ4v) is 1.36. The molecule has 0 saturated carbocycles. The van der Waals surface area contributed by atoms with E-state index >= 15 is 0 Å². The average molecular weight is 283 g/mol. The molecule has 0 fully saturated rings. The SMILES string of the molecule is Cc1cc(C(=O)CC(=O)C(F)(F)F)c(F)cc1Cl. The molecular formula is C11H7ClF4O2. The third-order valence-corrected chi connectivity index (χ3v) is 2.59. The quantitative estimate of drug-likeness (QED) is 0.483. The fraction of sp³-hybridized carbons (Fsp3) is 0.273. The van der Waals surface area contributed by atoms with Crippen LogP contribution in [-0.4, -0.2) is 17.7 Å². The minimum absolute atomic E-state index is 0.0474. The second-order valence-electron chi connectivity index (χ2n) is 3.60. The van der Waals surface area contributed by atoms with Crippen LogP contribution in [0, 0.1) is 12.7 Å². The molecule has 0 saturated heterocycles. The van der Waals surface area contributed by atoms with Gasteiger partial charge in [0, 0.05) is 5.02 Å². The van der Waals surface area contributed by atoms with Crippen LogP contribution >= 0.6 is 11.6 Å². The van der Waals surface area contributed by atoms with Crippen molar-refractivity contribution >= 4 is 23.2 Å². The van der Waals surface area contributed by atoms with Crippen LogP contribution in [0.1, 0.15) is 22.3 Å². The molecule has 0 unspecified atom stereocenters. The summed E-state index contributed by atoms with van der Waals surface area (Å²) in [5.74, 6) is -4.49. The van der Waals surface area contributed by atoms with Crippen LogP contribution in [0.4, 0.5) is 17.6 Å². The maximum Gasteiger partial charge on any atom is 0.450 e. The number of benzene rings is 1. The van der Waals surface area contributed by atoms with E-state index in [1.807, 2.05) is 0 Å². The molecule has 0 bridgehead atoms. The van der Waals surface area contributed by atoms with Gasteiger partial charge >= 0.3 is 6.18 Å². The van der Waals surface area contributed by atoms with Gasteiger partial charge in [0.1, 0.15) is 5.82 Å². The van der Waals surface area contributed by atoms with Crippen molar-refractivity contribution in [3.05, 3.63) is 34.1 Å². The van der Waals surface area contributed by atoms with Crippen molar-refractivity contribution in [2.24, 2.45) is 0 Å². The first-order valence-corrected chi connectivity index (χ1v) is 5.09. The molecule has 0 aromatic heterocycles. The summed E-state index contributed by atoms with van der Waals surface area (Å²) in [6.07, 6.45) is -6.52. The summed E-state index contributed by atoms with van der Waals surface area (Å²) in [7, 11) is 0. The Balaban J connectivity index is 2.99. The molecule has 1 aromatic rings. The van der Waals surface area contributed by atoms with Gasteiger partial charge in [-0.2, -0.15) is 13.2 Å². The molecule has 1 rings (SSSR count). The lowest BCUT2D eigenvalue weighted by atomic mass is 10.0. The van der Waals surface area contributed by atoms with Crippen LogP contribution in [0.5, 0.6) is 0 Å². The molecule has 0 heterocycles. The summed E-state index contributed by atoms with van der Waals surface area (Å²) in [5, 5.41) is 0.0474. The summed E-state index contributed by atoms with van der Waals surface area (Å²) in [6.45, 7) is 1.46. The summed E-state index contributed by atoms with van der Waals surface area (Å²) in [4.78, 5) is 22.0. The van der Waals surface area contributed by atoms with E-state index in [-0.39, 0.29) is 5.02 Å². The number of aryl methyl sites for hydroxylation is 1. The maximum absolute atomic E-state index is 13.3. The van der Waals surface area contributed by atoms with Gasteiger partial charge in [0.15, 0.2) is 5.78 Å². The Labute approximate surface area is 105 Å². The molecule has 0 atom stereocenters. The zero-order chi connectivity index (χ0) is 14.1. The first kappa shape index (κ1) is 14.6. The predicted molar refractivity (Wildman–Crippen MR) is 56.2 cm³/mol. The monoisotopic (exact) mass is 282 g/mol. The summed E-state index contributed by atoms with van der Waals surface area (Å²) in [5.41, 5.74) is -0.240. The van der Waals surface area contributed by atoms with Gasteiger partial charge in [-0.05, 0) is 24.6 Å². The number of hydrogen-bond acceptors (Lipinski definition) is 2. The van der Waals surface area contributed by atoms with Crippen molar-refractivity contribution in [1.82, 2.24) is 0 Å². The van der Waals surface area contributed by atoms with Gasteiger partial charge in [0.05, 0.1) is 12.0 Å². The average Bonchev–Trinajstić information content (AvgIpc) is 2.21. The lowest BCUT2D eigenvalue weighted by Crippen LogP contribution is -2.25. The molecule has 0 aliphatic carbocycles. The Hall–Kier alpha value is -1.43. The molecule has 98 valence electrons. The van der Waals surface area contributed by atoms with Crippen LogP contribution in [0.3, 0.4) is 0 Å². The van der Waals surface area contributed by atoms with Gasteiger partial charge in [0.25, 0.3) is 0 Å². The predicted octanol–water partition coefficient (Wildman–Crippen LogP) is 3.49. The third-order valence-electron chi connectivity index (χ3n) is 2.19. The number of carbonyl (C=O) groups is 2. The van der Waals surface area contributed by atoms with Gasteiger partial charge in [-0.3, -0.25) is 9.59 Å². The van der Waals surface area contributed by atoms with Gasteiger partial charge in [-0.25, -0.2) is 4.39 Å². The Morgan fingerprint density at radius 2 is 1.83 bits per heavy atom. The van der Waals surface area contributed by atoms with Crippen molar-refractivity contribution in [2.45, 2.75) is 19.5 Å². The highest BCUT2D eigenvalue weighted by molar-refractivity contribution is 6.31. The second kappa shape index (κ2) is 5.06. The first-order chi connectivity index (χ1) is 8.12. The van der Waals surface area contributed by atoms with E-state index in [9.17, 15) is 27.2 Å². The summed E-state index contributed by atoms with van der Waals surface area (Å²) >= 11 is 5.57. The number of ketones is 2. The molecule has 18 heavy (non-hydrogen) atoms. The van der Waals surface area contributed by atoms with Gasteiger partial charge < -0.3 is 0 Å². The maximum atomic E-state index is 13.3. The molecule has 7 heteroatoms. The van der Waals surface area contributed by atoms with E-state index < -0.39 is 35.5 Å². The van der Waals surface area contributed by atoms with E-state index in [0.717, 1.165) is 12.1 Å². The lowest BCUT2D eigenvalue weighted by molar-refractivity contribution is -0.170. The third kappa shape index (κ3) is 3.29. The number of Topliss-reactive ketones (excluding diaryl/α,β-unsaturated/α-hetero) is 2. The van der Waals surface area contributed by atoms with Crippen molar-refractivity contribution in [2.75, 3.05) is 0 Å². The normalized spacial score (nSPS) is 11.4. The molecule has 0 amide bonds. The molecule has 0 N–H and O–H groups in total. The summed E-state index contributed by atoms with van der Waals surface area (Å²) < 4.78 is 49.2. The molecule has 0 aliphatic rings. The van der Waals surface area contributed by atoms with Gasteiger partial charge in [-0.1, -0.05) is 11.6 Å². The van der Waals surface area contributed by atoms with Crippen LogP contribution < -0.4 is 0 Å². The van der Waals surface area contributed by atoms with E-state index in [1.54, 1.807) is 0 Å². The highest BCUT2D eigenvalue weighted by Crippen LogP contribution is 2.23. The minimum atomic E-state index is -5.10. The number of rotatable bonds is 3. The Morgan fingerprint density at radius 1 is 1.28 bits per heavy atom. The van der Waals surface area contributed by atoms with Crippen molar-refractivity contribution in [3.8, 4) is 0 Å². The Kier molecular flexibility index (Phi) is 4.11. The van der Waals surface area contributed by atoms with Crippen LogP contribution in [-0.2, 0) is 4.79 Å². The fourth-order valence-electron chi connectivity index (χ4n) is 1.21. The Morgan fingerprint density at radius 3 is 2.33 bits per heavy atom. The van der Waals surface area contributed by atoms with Crippen molar-refractivity contribution < 1.29 is 27.2 Å². The first-order valence-electron chi connectivity index (χ1n) is 4.71. The molecule has 0 spiro atoms. The highest BCUT2D eigenvalue weighted by atomic mass is 35.5. The zero-order valence-electron chi connectivity index (χ0n) is 9.07. The van der Waals surface area contributed by atoms with Crippen molar-refractivity contribution in [3.63, 3.8) is 0 Å². The van der Waals surface area contributed by atoms with Gasteiger partial charge in [-0.15, -0.1) is 0 Å². The van der Waals surface area contributed by atoms with Gasteiger partial charge in [0.2, 0.25) is 5.78 Å². The molecule has 2 nitrogen and oxygen atoms in total. The number of hydrogen-bond donors (Lipinski definition) is 0. The Bertz CT molecular complexity index is 509. The molecule has 0 radical (unpaired) electrons. The molecule has 1 aromatic carbocycles. The highest BCUT2D eigenvalue weighted by Gasteiger charge is 2.39. The van der Waals surface area contributed by atoms with Crippen LogP contribution in [0.15, 0.2) is 12.1 Å². The zero-order valence-corrected chi connectivity index (χ0v) is 9.82. The molecule has 0 aliphatic heterocycles. The second-order valence-corrected chi connectivity index (χ2v) is 4.01. The van der Waals surface area contributed by atoms with E-state index in [4.69, 9.17) is 11.6 Å². The molecular weight excluding hydrogens is 276 g/mol. The van der Waals surface area contributed by atoms with E-state index in [0.29, 0.717) is 5.56 Å².